The van der Waals surface area contributed by atoms with E-state index in [4.69, 9.17) is 4.52 Å². The Morgan fingerprint density at radius 2 is 2.33 bits per heavy atom. The van der Waals surface area contributed by atoms with Crippen molar-refractivity contribution in [3.8, 4) is 0 Å². The number of likely N-dealkylation sites (tertiary alicyclic amines) is 1. The van der Waals surface area contributed by atoms with Crippen LogP contribution < -0.4 is 0 Å². The predicted octanol–water partition coefficient (Wildman–Crippen LogP) is 1.70. The summed E-state index contributed by atoms with van der Waals surface area (Å²) in [6, 6.07) is 0. The molecule has 2 aromatic heterocycles. The maximum Gasteiger partial charge on any atom is 0.240 e. The third-order valence-electron chi connectivity index (χ3n) is 3.87. The summed E-state index contributed by atoms with van der Waals surface area (Å²) in [5, 5.41) is 8.21. The molecule has 1 fully saturated rings. The fourth-order valence-corrected chi connectivity index (χ4v) is 2.79. The van der Waals surface area contributed by atoms with Gasteiger partial charge in [0.25, 0.3) is 0 Å². The lowest BCUT2D eigenvalue weighted by Gasteiger charge is -2.31. The van der Waals surface area contributed by atoms with Gasteiger partial charge in [0.05, 0.1) is 6.54 Å². The van der Waals surface area contributed by atoms with Crippen molar-refractivity contribution < 1.29 is 4.52 Å². The molecule has 0 bridgehead atoms. The molecule has 0 aromatic carbocycles. The Balaban J connectivity index is 1.55. The van der Waals surface area contributed by atoms with Crippen LogP contribution in [-0.2, 0) is 13.1 Å². The Morgan fingerprint density at radius 3 is 3.05 bits per heavy atom. The third-order valence-corrected chi connectivity index (χ3v) is 3.87. The summed E-state index contributed by atoms with van der Waals surface area (Å²) in [7, 11) is 0. The van der Waals surface area contributed by atoms with Crippen LogP contribution in [0.15, 0.2) is 17.2 Å². The number of hydrogen-bond acceptors (Lipinski definition) is 6. The minimum absolute atomic E-state index is 0.309. The molecule has 21 heavy (non-hydrogen) atoms. The topological polar surface area (TPSA) is 72.9 Å². The molecule has 2 aromatic rings. The first-order valence-electron chi connectivity index (χ1n) is 7.58. The molecule has 1 saturated heterocycles. The van der Waals surface area contributed by atoms with E-state index in [0.29, 0.717) is 11.8 Å². The van der Waals surface area contributed by atoms with E-state index >= 15 is 0 Å². The highest BCUT2D eigenvalue weighted by molar-refractivity contribution is 4.92. The van der Waals surface area contributed by atoms with Gasteiger partial charge in [-0.05, 0) is 25.3 Å². The molecule has 7 heteroatoms. The number of hydrogen-bond donors (Lipinski definition) is 0. The van der Waals surface area contributed by atoms with E-state index in [9.17, 15) is 0 Å². The molecule has 7 nitrogen and oxygen atoms in total. The molecule has 1 aliphatic rings. The van der Waals surface area contributed by atoms with E-state index in [-0.39, 0.29) is 0 Å². The minimum atomic E-state index is 0.309. The van der Waals surface area contributed by atoms with E-state index in [1.54, 1.807) is 12.7 Å². The summed E-state index contributed by atoms with van der Waals surface area (Å²) in [5.74, 6) is 2.43. The van der Waals surface area contributed by atoms with Crippen molar-refractivity contribution in [2.45, 2.75) is 45.7 Å². The van der Waals surface area contributed by atoms with Gasteiger partial charge in [-0.3, -0.25) is 9.58 Å². The Labute approximate surface area is 124 Å². The van der Waals surface area contributed by atoms with Crippen LogP contribution >= 0.6 is 0 Å². The summed E-state index contributed by atoms with van der Waals surface area (Å²) >= 11 is 0. The first-order valence-corrected chi connectivity index (χ1v) is 7.58. The van der Waals surface area contributed by atoms with Gasteiger partial charge in [-0.25, -0.2) is 4.98 Å². The minimum Gasteiger partial charge on any atom is -0.338 e. The second-order valence-corrected chi connectivity index (χ2v) is 6.06. The standard InChI is InChI=1S/C14H22N6O/c1-11(2)14-17-13(21-18-14)8-19-5-3-4-12(6-19)7-20-10-15-9-16-20/h9-12H,3-8H2,1-2H3. The molecule has 114 valence electrons. The fraction of sp³-hybridized carbons (Fsp3) is 0.714. The Bertz CT molecular complexity index is 550. The quantitative estimate of drug-likeness (QED) is 0.834. The highest BCUT2D eigenvalue weighted by Crippen LogP contribution is 2.20. The molecule has 0 spiro atoms. The van der Waals surface area contributed by atoms with E-state index < -0.39 is 0 Å². The van der Waals surface area contributed by atoms with Crippen LogP contribution in [0.1, 0.15) is 44.3 Å². The lowest BCUT2D eigenvalue weighted by molar-refractivity contribution is 0.138. The van der Waals surface area contributed by atoms with Crippen molar-refractivity contribution in [3.05, 3.63) is 24.4 Å². The molecule has 0 amide bonds. The molecule has 1 unspecified atom stereocenters. The van der Waals surface area contributed by atoms with E-state index in [1.165, 1.54) is 12.8 Å². The zero-order chi connectivity index (χ0) is 14.7. The maximum absolute atomic E-state index is 5.34. The molecular formula is C14H22N6O. The van der Waals surface area contributed by atoms with Gasteiger partial charge in [0.15, 0.2) is 5.82 Å². The molecule has 0 radical (unpaired) electrons. The highest BCUT2D eigenvalue weighted by Gasteiger charge is 2.22. The lowest BCUT2D eigenvalue weighted by Crippen LogP contribution is -2.36. The molecule has 3 heterocycles. The van der Waals surface area contributed by atoms with E-state index in [0.717, 1.165) is 37.9 Å². The van der Waals surface area contributed by atoms with Crippen molar-refractivity contribution >= 4 is 0 Å². The van der Waals surface area contributed by atoms with Crippen LogP contribution in [0.25, 0.3) is 0 Å². The van der Waals surface area contributed by atoms with Gasteiger partial charge in [0.1, 0.15) is 12.7 Å². The molecule has 1 aliphatic heterocycles. The first-order chi connectivity index (χ1) is 10.2. The maximum atomic E-state index is 5.34. The second kappa shape index (κ2) is 6.34. The van der Waals surface area contributed by atoms with Crippen molar-refractivity contribution in [1.29, 1.82) is 0 Å². The monoisotopic (exact) mass is 290 g/mol. The molecule has 0 saturated carbocycles. The molecular weight excluding hydrogens is 268 g/mol. The number of piperidine rings is 1. The van der Waals surface area contributed by atoms with Crippen LogP contribution in [0.5, 0.6) is 0 Å². The second-order valence-electron chi connectivity index (χ2n) is 6.06. The summed E-state index contributed by atoms with van der Waals surface area (Å²) in [4.78, 5) is 10.8. The number of aromatic nitrogens is 5. The summed E-state index contributed by atoms with van der Waals surface area (Å²) < 4.78 is 7.25. The van der Waals surface area contributed by atoms with E-state index in [1.807, 2.05) is 4.68 Å². The smallest absolute Gasteiger partial charge is 0.240 e. The SMILES string of the molecule is CC(C)c1noc(CN2CCCC(Cn3cncn3)C2)n1. The van der Waals surface area contributed by atoms with Gasteiger partial charge in [-0.2, -0.15) is 10.1 Å². The van der Waals surface area contributed by atoms with Gasteiger partial charge in [0, 0.05) is 19.0 Å². The van der Waals surface area contributed by atoms with Crippen molar-refractivity contribution in [2.75, 3.05) is 13.1 Å². The van der Waals surface area contributed by atoms with Gasteiger partial charge in [0.2, 0.25) is 5.89 Å². The van der Waals surface area contributed by atoms with Gasteiger partial charge in [-0.15, -0.1) is 0 Å². The average molecular weight is 290 g/mol. The molecule has 0 N–H and O–H groups in total. The van der Waals surface area contributed by atoms with Crippen LogP contribution in [0.3, 0.4) is 0 Å². The largest absolute Gasteiger partial charge is 0.338 e. The van der Waals surface area contributed by atoms with E-state index in [2.05, 4.69) is 39.0 Å². The van der Waals surface area contributed by atoms with Crippen LogP contribution in [0, 0.1) is 5.92 Å². The number of nitrogens with zero attached hydrogens (tertiary/aromatic N) is 6. The van der Waals surface area contributed by atoms with Crippen molar-refractivity contribution in [2.24, 2.45) is 5.92 Å². The molecule has 3 rings (SSSR count). The lowest BCUT2D eigenvalue weighted by atomic mass is 9.98. The zero-order valence-electron chi connectivity index (χ0n) is 12.6. The number of rotatable bonds is 5. The third kappa shape index (κ3) is 3.66. The molecule has 0 aliphatic carbocycles. The van der Waals surface area contributed by atoms with Gasteiger partial charge < -0.3 is 4.52 Å². The zero-order valence-corrected chi connectivity index (χ0v) is 12.6. The van der Waals surface area contributed by atoms with Gasteiger partial charge >= 0.3 is 0 Å². The Kier molecular flexibility index (Phi) is 4.28. The summed E-state index contributed by atoms with van der Waals surface area (Å²) in [6.07, 6.45) is 5.81. The van der Waals surface area contributed by atoms with Crippen molar-refractivity contribution in [3.63, 3.8) is 0 Å². The summed E-state index contributed by atoms with van der Waals surface area (Å²) in [6.45, 7) is 7.95. The van der Waals surface area contributed by atoms with Gasteiger partial charge in [-0.1, -0.05) is 19.0 Å². The summed E-state index contributed by atoms with van der Waals surface area (Å²) in [5.41, 5.74) is 0. The van der Waals surface area contributed by atoms with Crippen molar-refractivity contribution in [1.82, 2.24) is 29.8 Å². The Hall–Kier alpha value is -1.76. The average Bonchev–Trinajstić information content (AvgIpc) is 3.11. The van der Waals surface area contributed by atoms with Crippen LogP contribution in [0.4, 0.5) is 0 Å². The van der Waals surface area contributed by atoms with Crippen LogP contribution in [-0.4, -0.2) is 42.9 Å². The molecule has 1 atom stereocenters. The fourth-order valence-electron chi connectivity index (χ4n) is 2.79. The Morgan fingerprint density at radius 1 is 1.43 bits per heavy atom. The van der Waals surface area contributed by atoms with Crippen LogP contribution in [0.2, 0.25) is 0 Å². The first kappa shape index (κ1) is 14.2. The normalized spacial score (nSPS) is 20.2. The highest BCUT2D eigenvalue weighted by atomic mass is 16.5. The predicted molar refractivity (Wildman–Crippen MR) is 76.4 cm³/mol.